The molecular formula is C13H18N2O2. The van der Waals surface area contributed by atoms with Gasteiger partial charge in [-0.3, -0.25) is 4.79 Å². The lowest BCUT2D eigenvalue weighted by atomic mass is 10.1. The molecule has 1 aromatic heterocycles. The first-order valence-electron chi connectivity index (χ1n) is 5.99. The molecule has 0 aromatic carbocycles. The van der Waals surface area contributed by atoms with Crippen molar-refractivity contribution in [1.29, 1.82) is 0 Å². The van der Waals surface area contributed by atoms with Crippen LogP contribution < -0.4 is 5.32 Å². The summed E-state index contributed by atoms with van der Waals surface area (Å²) >= 11 is 0. The molecule has 17 heavy (non-hydrogen) atoms. The SMILES string of the molecule is CC(=O)c1ccc(C)nc1N[C@H]1CC[C@H](O)C1. The van der Waals surface area contributed by atoms with E-state index in [1.165, 1.54) is 0 Å². The lowest BCUT2D eigenvalue weighted by Crippen LogP contribution is -2.19. The van der Waals surface area contributed by atoms with E-state index in [4.69, 9.17) is 0 Å². The second-order valence-electron chi connectivity index (χ2n) is 4.71. The molecule has 1 aliphatic rings. The highest BCUT2D eigenvalue weighted by atomic mass is 16.3. The minimum absolute atomic E-state index is 0.0125. The maximum atomic E-state index is 11.5. The molecule has 0 amide bonds. The number of Topliss-reactive ketones (excluding diaryl/α,β-unsaturated/α-hetero) is 1. The monoisotopic (exact) mass is 234 g/mol. The molecule has 1 fully saturated rings. The first-order valence-corrected chi connectivity index (χ1v) is 5.99. The number of carbonyl (C=O) groups excluding carboxylic acids is 1. The predicted molar refractivity (Wildman–Crippen MR) is 66.2 cm³/mol. The van der Waals surface area contributed by atoms with Crippen LogP contribution in [0, 0.1) is 6.92 Å². The molecule has 0 unspecified atom stereocenters. The van der Waals surface area contributed by atoms with E-state index in [0.29, 0.717) is 11.4 Å². The molecule has 0 radical (unpaired) electrons. The molecule has 1 saturated carbocycles. The molecule has 2 atom stereocenters. The van der Waals surface area contributed by atoms with Gasteiger partial charge in [0.05, 0.1) is 11.7 Å². The number of ketones is 1. The predicted octanol–water partition coefficient (Wildman–Crippen LogP) is 1.92. The molecule has 4 heteroatoms. The van der Waals surface area contributed by atoms with E-state index in [-0.39, 0.29) is 17.9 Å². The van der Waals surface area contributed by atoms with Crippen molar-refractivity contribution in [2.75, 3.05) is 5.32 Å². The number of aliphatic hydroxyl groups excluding tert-OH is 1. The van der Waals surface area contributed by atoms with E-state index in [1.807, 2.05) is 13.0 Å². The summed E-state index contributed by atoms with van der Waals surface area (Å²) in [6, 6.07) is 3.86. The Labute approximate surface area is 101 Å². The summed E-state index contributed by atoms with van der Waals surface area (Å²) in [5.74, 6) is 0.662. The summed E-state index contributed by atoms with van der Waals surface area (Å²) < 4.78 is 0. The molecule has 0 spiro atoms. The van der Waals surface area contributed by atoms with E-state index in [1.54, 1.807) is 13.0 Å². The van der Waals surface area contributed by atoms with Crippen LogP contribution in [0.2, 0.25) is 0 Å². The van der Waals surface area contributed by atoms with Crippen molar-refractivity contribution in [2.24, 2.45) is 0 Å². The van der Waals surface area contributed by atoms with Crippen molar-refractivity contribution < 1.29 is 9.90 Å². The zero-order chi connectivity index (χ0) is 12.4. The highest BCUT2D eigenvalue weighted by molar-refractivity contribution is 5.98. The van der Waals surface area contributed by atoms with E-state index in [0.717, 1.165) is 25.0 Å². The van der Waals surface area contributed by atoms with Crippen molar-refractivity contribution in [3.05, 3.63) is 23.4 Å². The Morgan fingerprint density at radius 2 is 2.24 bits per heavy atom. The Hall–Kier alpha value is -1.42. The minimum Gasteiger partial charge on any atom is -0.393 e. The Kier molecular flexibility index (Phi) is 3.43. The molecule has 0 bridgehead atoms. The number of carbonyl (C=O) groups is 1. The first-order chi connectivity index (χ1) is 8.06. The molecule has 1 heterocycles. The summed E-state index contributed by atoms with van der Waals surface area (Å²) in [5, 5.41) is 12.8. The van der Waals surface area contributed by atoms with Crippen LogP contribution in [0.25, 0.3) is 0 Å². The third-order valence-electron chi connectivity index (χ3n) is 3.16. The molecular weight excluding hydrogens is 216 g/mol. The number of rotatable bonds is 3. The van der Waals surface area contributed by atoms with Crippen LogP contribution in [0.15, 0.2) is 12.1 Å². The van der Waals surface area contributed by atoms with Crippen LogP contribution in [-0.4, -0.2) is 28.0 Å². The maximum Gasteiger partial charge on any atom is 0.163 e. The van der Waals surface area contributed by atoms with Crippen molar-refractivity contribution in [3.63, 3.8) is 0 Å². The molecule has 4 nitrogen and oxygen atoms in total. The summed E-state index contributed by atoms with van der Waals surface area (Å²) in [4.78, 5) is 15.9. The van der Waals surface area contributed by atoms with Gasteiger partial charge in [-0.05, 0) is 45.2 Å². The second-order valence-corrected chi connectivity index (χ2v) is 4.71. The van der Waals surface area contributed by atoms with Crippen LogP contribution in [0.3, 0.4) is 0 Å². The van der Waals surface area contributed by atoms with Gasteiger partial charge in [-0.1, -0.05) is 0 Å². The fourth-order valence-corrected chi connectivity index (χ4v) is 2.23. The first kappa shape index (κ1) is 12.0. The number of aryl methyl sites for hydroxylation is 1. The zero-order valence-corrected chi connectivity index (χ0v) is 10.2. The van der Waals surface area contributed by atoms with Crippen LogP contribution in [-0.2, 0) is 0 Å². The van der Waals surface area contributed by atoms with E-state index in [2.05, 4.69) is 10.3 Å². The summed E-state index contributed by atoms with van der Waals surface area (Å²) in [5.41, 5.74) is 1.51. The Morgan fingerprint density at radius 1 is 1.47 bits per heavy atom. The standard InChI is InChI=1S/C13H18N2O2/c1-8-3-6-12(9(2)16)13(14-8)15-10-4-5-11(17)7-10/h3,6,10-11,17H,4-5,7H2,1-2H3,(H,14,15)/t10-,11-/m0/s1. The number of pyridine rings is 1. The number of hydrogen-bond acceptors (Lipinski definition) is 4. The van der Waals surface area contributed by atoms with Crippen LogP contribution in [0.1, 0.15) is 42.2 Å². The number of nitrogens with one attached hydrogen (secondary N) is 1. The average Bonchev–Trinajstić information content (AvgIpc) is 2.63. The second kappa shape index (κ2) is 4.84. The average molecular weight is 234 g/mol. The van der Waals surface area contributed by atoms with Gasteiger partial charge in [-0.25, -0.2) is 4.98 Å². The Bertz CT molecular complexity index is 431. The number of aromatic nitrogens is 1. The van der Waals surface area contributed by atoms with Crippen LogP contribution in [0.4, 0.5) is 5.82 Å². The largest absolute Gasteiger partial charge is 0.393 e. The molecule has 0 aliphatic heterocycles. The van der Waals surface area contributed by atoms with Gasteiger partial charge in [-0.15, -0.1) is 0 Å². The van der Waals surface area contributed by atoms with Gasteiger partial charge in [0, 0.05) is 11.7 Å². The number of nitrogens with zero attached hydrogens (tertiary/aromatic N) is 1. The lowest BCUT2D eigenvalue weighted by molar-refractivity contribution is 0.101. The topological polar surface area (TPSA) is 62.2 Å². The zero-order valence-electron chi connectivity index (χ0n) is 10.2. The molecule has 1 aliphatic carbocycles. The number of aliphatic hydroxyl groups is 1. The molecule has 2 rings (SSSR count). The smallest absolute Gasteiger partial charge is 0.163 e. The molecule has 0 saturated heterocycles. The Balaban J connectivity index is 2.19. The van der Waals surface area contributed by atoms with Gasteiger partial charge in [0.1, 0.15) is 5.82 Å². The van der Waals surface area contributed by atoms with Crippen molar-refractivity contribution in [2.45, 2.75) is 45.3 Å². The number of hydrogen-bond donors (Lipinski definition) is 2. The van der Waals surface area contributed by atoms with E-state index in [9.17, 15) is 9.90 Å². The van der Waals surface area contributed by atoms with Crippen LogP contribution in [0.5, 0.6) is 0 Å². The van der Waals surface area contributed by atoms with Gasteiger partial charge in [-0.2, -0.15) is 0 Å². The van der Waals surface area contributed by atoms with Gasteiger partial charge < -0.3 is 10.4 Å². The minimum atomic E-state index is -0.224. The van der Waals surface area contributed by atoms with Gasteiger partial charge in [0.25, 0.3) is 0 Å². The van der Waals surface area contributed by atoms with Gasteiger partial charge >= 0.3 is 0 Å². The third kappa shape index (κ3) is 2.82. The summed E-state index contributed by atoms with van der Waals surface area (Å²) in [7, 11) is 0. The van der Waals surface area contributed by atoms with Crippen molar-refractivity contribution in [1.82, 2.24) is 4.98 Å². The van der Waals surface area contributed by atoms with Gasteiger partial charge in [0.2, 0.25) is 0 Å². The highest BCUT2D eigenvalue weighted by Crippen LogP contribution is 2.24. The summed E-state index contributed by atoms with van der Waals surface area (Å²) in [6.45, 7) is 3.44. The Morgan fingerprint density at radius 3 is 2.82 bits per heavy atom. The molecule has 2 N–H and O–H groups in total. The van der Waals surface area contributed by atoms with E-state index >= 15 is 0 Å². The molecule has 1 aromatic rings. The van der Waals surface area contributed by atoms with Crippen molar-refractivity contribution >= 4 is 11.6 Å². The third-order valence-corrected chi connectivity index (χ3v) is 3.16. The maximum absolute atomic E-state index is 11.5. The van der Waals surface area contributed by atoms with Gasteiger partial charge in [0.15, 0.2) is 5.78 Å². The normalized spacial score (nSPS) is 23.7. The lowest BCUT2D eigenvalue weighted by Gasteiger charge is -2.15. The summed E-state index contributed by atoms with van der Waals surface area (Å²) in [6.07, 6.45) is 2.25. The number of anilines is 1. The highest BCUT2D eigenvalue weighted by Gasteiger charge is 2.24. The van der Waals surface area contributed by atoms with Crippen molar-refractivity contribution in [3.8, 4) is 0 Å². The fourth-order valence-electron chi connectivity index (χ4n) is 2.23. The quantitative estimate of drug-likeness (QED) is 0.784. The van der Waals surface area contributed by atoms with Crippen LogP contribution >= 0.6 is 0 Å². The van der Waals surface area contributed by atoms with E-state index < -0.39 is 0 Å². The fraction of sp³-hybridized carbons (Fsp3) is 0.538. The molecule has 92 valence electrons.